The van der Waals surface area contributed by atoms with Crippen LogP contribution in [0.3, 0.4) is 0 Å². The van der Waals surface area contributed by atoms with Crippen molar-refractivity contribution in [3.63, 3.8) is 0 Å². The van der Waals surface area contributed by atoms with Gasteiger partial charge in [-0.2, -0.15) is 0 Å². The van der Waals surface area contributed by atoms with Gasteiger partial charge in [-0.15, -0.1) is 0 Å². The normalized spacial score (nSPS) is 11.3. The van der Waals surface area contributed by atoms with Crippen LogP contribution in [0.25, 0.3) is 0 Å². The minimum atomic E-state index is -3.59. The number of hydrogen-bond acceptors (Lipinski definition) is 3. The van der Waals surface area contributed by atoms with Crippen LogP contribution in [0.15, 0.2) is 59.5 Å². The number of benzene rings is 2. The van der Waals surface area contributed by atoms with Crippen LogP contribution in [0.1, 0.15) is 22.8 Å². The van der Waals surface area contributed by atoms with Crippen LogP contribution in [0, 0.1) is 0 Å². The van der Waals surface area contributed by atoms with Crippen LogP contribution in [-0.2, 0) is 16.4 Å². The zero-order valence-electron chi connectivity index (χ0n) is 11.7. The van der Waals surface area contributed by atoms with E-state index < -0.39 is 10.0 Å². The Balaban J connectivity index is 2.05. The topological polar surface area (TPSA) is 63.2 Å². The van der Waals surface area contributed by atoms with Gasteiger partial charge in [0.1, 0.15) is 0 Å². The summed E-state index contributed by atoms with van der Waals surface area (Å²) in [5.74, 6) is -0.156. The molecule has 4 nitrogen and oxygen atoms in total. The fourth-order valence-corrected chi connectivity index (χ4v) is 3.02. The molecule has 0 aliphatic rings. The predicted molar refractivity (Wildman–Crippen MR) is 81.8 cm³/mol. The van der Waals surface area contributed by atoms with Gasteiger partial charge in [0.25, 0.3) is 0 Å². The average molecular weight is 303 g/mol. The molecule has 0 aliphatic carbocycles. The quantitative estimate of drug-likeness (QED) is 0.834. The van der Waals surface area contributed by atoms with E-state index in [0.717, 1.165) is 5.56 Å². The highest BCUT2D eigenvalue weighted by atomic mass is 32.2. The first-order valence-corrected chi connectivity index (χ1v) is 8.12. The Hall–Kier alpha value is -1.98. The van der Waals surface area contributed by atoms with Crippen molar-refractivity contribution in [3.05, 3.63) is 65.7 Å². The van der Waals surface area contributed by atoms with Crippen LogP contribution in [0.4, 0.5) is 0 Å². The SMILES string of the molecule is CC(=O)c1cccc(S(=O)(=O)NCCc2ccccc2)c1. The molecular weight excluding hydrogens is 286 g/mol. The van der Waals surface area contributed by atoms with E-state index in [1.165, 1.54) is 19.1 Å². The molecule has 1 N–H and O–H groups in total. The van der Waals surface area contributed by atoms with Gasteiger partial charge >= 0.3 is 0 Å². The number of carbonyl (C=O) groups excluding carboxylic acids is 1. The van der Waals surface area contributed by atoms with Crippen molar-refractivity contribution in [2.24, 2.45) is 0 Å². The Kier molecular flexibility index (Phi) is 4.88. The van der Waals surface area contributed by atoms with E-state index in [2.05, 4.69) is 4.72 Å². The van der Waals surface area contributed by atoms with Crippen LogP contribution >= 0.6 is 0 Å². The minimum absolute atomic E-state index is 0.114. The zero-order valence-corrected chi connectivity index (χ0v) is 12.6. The fraction of sp³-hybridized carbons (Fsp3) is 0.188. The van der Waals surface area contributed by atoms with Crippen LogP contribution in [0.2, 0.25) is 0 Å². The summed E-state index contributed by atoms with van der Waals surface area (Å²) in [6, 6.07) is 15.7. The molecule has 2 aromatic carbocycles. The Morgan fingerprint density at radius 3 is 2.43 bits per heavy atom. The third-order valence-corrected chi connectivity index (χ3v) is 4.56. The van der Waals surface area contributed by atoms with Gasteiger partial charge in [-0.3, -0.25) is 4.79 Å². The Labute approximate surface area is 124 Å². The molecule has 0 spiro atoms. The van der Waals surface area contributed by atoms with Crippen LogP contribution < -0.4 is 4.72 Å². The van der Waals surface area contributed by atoms with Crippen LogP contribution in [-0.4, -0.2) is 20.7 Å². The van der Waals surface area contributed by atoms with Crippen LogP contribution in [0.5, 0.6) is 0 Å². The molecule has 0 heterocycles. The van der Waals surface area contributed by atoms with Gasteiger partial charge in [-0.1, -0.05) is 42.5 Å². The van der Waals surface area contributed by atoms with Gasteiger partial charge in [-0.05, 0) is 31.0 Å². The molecule has 0 saturated heterocycles. The fourth-order valence-electron chi connectivity index (χ4n) is 1.94. The van der Waals surface area contributed by atoms with E-state index in [-0.39, 0.29) is 10.7 Å². The molecule has 21 heavy (non-hydrogen) atoms. The maximum atomic E-state index is 12.2. The van der Waals surface area contributed by atoms with Gasteiger partial charge < -0.3 is 0 Å². The molecule has 2 aromatic rings. The summed E-state index contributed by atoms with van der Waals surface area (Å²) >= 11 is 0. The lowest BCUT2D eigenvalue weighted by atomic mass is 10.2. The van der Waals surface area contributed by atoms with E-state index >= 15 is 0 Å². The largest absolute Gasteiger partial charge is 0.295 e. The molecule has 0 bridgehead atoms. The molecule has 0 unspecified atom stereocenters. The van der Waals surface area contributed by atoms with Gasteiger partial charge in [0.15, 0.2) is 5.78 Å². The molecule has 0 atom stereocenters. The second-order valence-electron chi connectivity index (χ2n) is 4.72. The lowest BCUT2D eigenvalue weighted by molar-refractivity contribution is 0.101. The summed E-state index contributed by atoms with van der Waals surface area (Å²) in [7, 11) is -3.59. The maximum Gasteiger partial charge on any atom is 0.240 e. The Bertz CT molecular complexity index is 724. The summed E-state index contributed by atoms with van der Waals surface area (Å²) in [5.41, 5.74) is 1.46. The number of Topliss-reactive ketones (excluding diaryl/α,β-unsaturated/α-hetero) is 1. The number of nitrogens with one attached hydrogen (secondary N) is 1. The molecular formula is C16H17NO3S. The van der Waals surface area contributed by atoms with E-state index in [1.54, 1.807) is 12.1 Å². The average Bonchev–Trinajstić information content (AvgIpc) is 2.48. The first kappa shape index (κ1) is 15.4. The van der Waals surface area contributed by atoms with E-state index in [4.69, 9.17) is 0 Å². The van der Waals surface area contributed by atoms with Gasteiger partial charge in [0.05, 0.1) is 4.90 Å². The van der Waals surface area contributed by atoms with E-state index in [1.807, 2.05) is 30.3 Å². The standard InChI is InChI=1S/C16H17NO3S/c1-13(18)15-8-5-9-16(12-15)21(19,20)17-11-10-14-6-3-2-4-7-14/h2-9,12,17H,10-11H2,1H3. The number of carbonyl (C=O) groups is 1. The van der Waals surface area contributed by atoms with Crippen molar-refractivity contribution >= 4 is 15.8 Å². The lowest BCUT2D eigenvalue weighted by Crippen LogP contribution is -2.26. The van der Waals surface area contributed by atoms with Crippen molar-refractivity contribution in [1.82, 2.24) is 4.72 Å². The lowest BCUT2D eigenvalue weighted by Gasteiger charge is -2.07. The van der Waals surface area contributed by atoms with Crippen molar-refractivity contribution in [1.29, 1.82) is 0 Å². The van der Waals surface area contributed by atoms with Gasteiger partial charge in [0, 0.05) is 12.1 Å². The molecule has 0 aromatic heterocycles. The number of sulfonamides is 1. The second-order valence-corrected chi connectivity index (χ2v) is 6.48. The highest BCUT2D eigenvalue weighted by molar-refractivity contribution is 7.89. The molecule has 0 amide bonds. The minimum Gasteiger partial charge on any atom is -0.295 e. The summed E-state index contributed by atoms with van der Waals surface area (Å²) < 4.78 is 26.9. The predicted octanol–water partition coefficient (Wildman–Crippen LogP) is 2.41. The number of rotatable bonds is 6. The third kappa shape index (κ3) is 4.24. The molecule has 0 saturated carbocycles. The van der Waals surface area contributed by atoms with E-state index in [9.17, 15) is 13.2 Å². The molecule has 0 radical (unpaired) electrons. The van der Waals surface area contributed by atoms with Gasteiger partial charge in [0.2, 0.25) is 10.0 Å². The molecule has 0 fully saturated rings. The van der Waals surface area contributed by atoms with E-state index in [0.29, 0.717) is 18.5 Å². The summed E-state index contributed by atoms with van der Waals surface area (Å²) in [6.45, 7) is 1.73. The highest BCUT2D eigenvalue weighted by Gasteiger charge is 2.14. The second kappa shape index (κ2) is 6.65. The first-order chi connectivity index (χ1) is 9.99. The van der Waals surface area contributed by atoms with Crippen molar-refractivity contribution in [2.45, 2.75) is 18.2 Å². The Morgan fingerprint density at radius 2 is 1.76 bits per heavy atom. The zero-order chi connectivity index (χ0) is 15.3. The molecule has 2 rings (SSSR count). The molecule has 0 aliphatic heterocycles. The first-order valence-electron chi connectivity index (χ1n) is 6.63. The summed E-state index contributed by atoms with van der Waals surface area (Å²) in [4.78, 5) is 11.4. The third-order valence-electron chi connectivity index (χ3n) is 3.10. The van der Waals surface area contributed by atoms with Crippen molar-refractivity contribution < 1.29 is 13.2 Å². The smallest absolute Gasteiger partial charge is 0.240 e. The highest BCUT2D eigenvalue weighted by Crippen LogP contribution is 2.12. The number of ketones is 1. The van der Waals surface area contributed by atoms with Crippen molar-refractivity contribution in [3.8, 4) is 0 Å². The number of hydrogen-bond donors (Lipinski definition) is 1. The van der Waals surface area contributed by atoms with Crippen molar-refractivity contribution in [2.75, 3.05) is 6.54 Å². The summed E-state index contributed by atoms with van der Waals surface area (Å²) in [5, 5.41) is 0. The Morgan fingerprint density at radius 1 is 1.05 bits per heavy atom. The summed E-state index contributed by atoms with van der Waals surface area (Å²) in [6.07, 6.45) is 0.618. The molecule has 110 valence electrons. The monoisotopic (exact) mass is 303 g/mol. The molecule has 5 heteroatoms. The maximum absolute atomic E-state index is 12.2. The van der Waals surface area contributed by atoms with Gasteiger partial charge in [-0.25, -0.2) is 13.1 Å².